The number of carboxylic acid groups (broad SMARTS) is 1. The Balaban J connectivity index is 2.11. The predicted octanol–water partition coefficient (Wildman–Crippen LogP) is 3.56. The van der Waals surface area contributed by atoms with Gasteiger partial charge >= 0.3 is 12.0 Å². The van der Waals surface area contributed by atoms with Crippen LogP contribution >= 0.6 is 27.3 Å². The second kappa shape index (κ2) is 6.02. The minimum Gasteiger partial charge on any atom is -0.478 e. The van der Waals surface area contributed by atoms with Gasteiger partial charge in [-0.1, -0.05) is 17.4 Å². The van der Waals surface area contributed by atoms with Gasteiger partial charge in [0.25, 0.3) is 0 Å². The van der Waals surface area contributed by atoms with E-state index in [0.717, 1.165) is 9.35 Å². The molecule has 0 saturated carbocycles. The van der Waals surface area contributed by atoms with Gasteiger partial charge in [0.05, 0.1) is 15.5 Å². The summed E-state index contributed by atoms with van der Waals surface area (Å²) >= 11 is 4.52. The van der Waals surface area contributed by atoms with Crippen molar-refractivity contribution in [1.82, 2.24) is 4.98 Å². The van der Waals surface area contributed by atoms with E-state index in [-0.39, 0.29) is 5.56 Å². The molecule has 0 aliphatic carbocycles. The molecule has 0 spiro atoms. The van der Waals surface area contributed by atoms with Crippen LogP contribution in [0, 0.1) is 6.92 Å². The van der Waals surface area contributed by atoms with Gasteiger partial charge in [-0.05, 0) is 40.5 Å². The van der Waals surface area contributed by atoms with Crippen LogP contribution in [0.3, 0.4) is 0 Å². The first-order chi connectivity index (χ1) is 9.45. The number of thiazole rings is 1. The second-order valence-electron chi connectivity index (χ2n) is 3.88. The van der Waals surface area contributed by atoms with E-state index in [1.165, 1.54) is 23.5 Å². The van der Waals surface area contributed by atoms with Crippen LogP contribution in [0.5, 0.6) is 0 Å². The molecule has 1 aromatic carbocycles. The predicted molar refractivity (Wildman–Crippen MR) is 80.6 cm³/mol. The van der Waals surface area contributed by atoms with Crippen molar-refractivity contribution in [2.45, 2.75) is 6.92 Å². The number of anilines is 2. The number of benzene rings is 1. The van der Waals surface area contributed by atoms with Crippen LogP contribution in [-0.4, -0.2) is 22.1 Å². The molecule has 0 fully saturated rings. The highest BCUT2D eigenvalue weighted by Gasteiger charge is 2.10. The zero-order valence-corrected chi connectivity index (χ0v) is 12.7. The van der Waals surface area contributed by atoms with Crippen LogP contribution in [-0.2, 0) is 0 Å². The molecule has 2 rings (SSSR count). The Kier molecular flexibility index (Phi) is 4.35. The van der Waals surface area contributed by atoms with Crippen molar-refractivity contribution >= 4 is 50.1 Å². The highest BCUT2D eigenvalue weighted by atomic mass is 79.9. The van der Waals surface area contributed by atoms with Crippen LogP contribution < -0.4 is 10.6 Å². The third kappa shape index (κ3) is 3.55. The number of carbonyl (C=O) groups is 2. The number of hydrogen-bond donors (Lipinski definition) is 3. The molecule has 0 unspecified atom stereocenters. The van der Waals surface area contributed by atoms with Gasteiger partial charge in [0.15, 0.2) is 5.13 Å². The second-order valence-corrected chi connectivity index (χ2v) is 6.29. The third-order valence-electron chi connectivity index (χ3n) is 2.43. The normalized spacial score (nSPS) is 10.1. The lowest BCUT2D eigenvalue weighted by Crippen LogP contribution is -2.20. The van der Waals surface area contributed by atoms with Crippen LogP contribution in [0.1, 0.15) is 15.9 Å². The van der Waals surface area contributed by atoms with E-state index in [9.17, 15) is 9.59 Å². The van der Waals surface area contributed by atoms with Gasteiger partial charge in [-0.25, -0.2) is 14.6 Å². The molecule has 8 heteroatoms. The Labute approximate surface area is 127 Å². The van der Waals surface area contributed by atoms with Crippen LogP contribution in [0.4, 0.5) is 15.6 Å². The number of nitrogens with zero attached hydrogens (tertiary/aromatic N) is 1. The number of aromatic carboxylic acids is 1. The zero-order valence-electron chi connectivity index (χ0n) is 10.3. The summed E-state index contributed by atoms with van der Waals surface area (Å²) in [6.45, 7) is 1.78. The number of nitrogens with one attached hydrogen (secondary N) is 2. The highest BCUT2D eigenvalue weighted by molar-refractivity contribution is 9.11. The van der Waals surface area contributed by atoms with E-state index in [1.54, 1.807) is 19.2 Å². The Hall–Kier alpha value is -1.93. The highest BCUT2D eigenvalue weighted by Crippen LogP contribution is 2.23. The Morgan fingerprint density at radius 1 is 1.35 bits per heavy atom. The van der Waals surface area contributed by atoms with Gasteiger partial charge in [0.1, 0.15) is 0 Å². The van der Waals surface area contributed by atoms with E-state index in [0.29, 0.717) is 10.8 Å². The number of amides is 2. The molecule has 1 heterocycles. The van der Waals surface area contributed by atoms with Crippen molar-refractivity contribution in [2.75, 3.05) is 10.6 Å². The van der Waals surface area contributed by atoms with E-state index in [4.69, 9.17) is 5.11 Å². The molecule has 2 amide bonds. The first kappa shape index (κ1) is 14.5. The van der Waals surface area contributed by atoms with Gasteiger partial charge < -0.3 is 10.4 Å². The quantitative estimate of drug-likeness (QED) is 0.784. The number of urea groups is 1. The summed E-state index contributed by atoms with van der Waals surface area (Å²) in [6, 6.07) is 4.06. The summed E-state index contributed by atoms with van der Waals surface area (Å²) in [5.74, 6) is -1.04. The van der Waals surface area contributed by atoms with E-state index < -0.39 is 12.0 Å². The number of halogens is 1. The zero-order chi connectivity index (χ0) is 14.7. The molecule has 0 atom stereocenters. The lowest BCUT2D eigenvalue weighted by Gasteiger charge is -2.09. The average Bonchev–Trinajstić information content (AvgIpc) is 2.77. The molecule has 0 bridgehead atoms. The van der Waals surface area contributed by atoms with Gasteiger partial charge in [0, 0.05) is 5.69 Å². The number of aryl methyl sites for hydroxylation is 1. The molecule has 0 aliphatic rings. The summed E-state index contributed by atoms with van der Waals surface area (Å²) in [5.41, 5.74) is 1.33. The Morgan fingerprint density at radius 2 is 2.10 bits per heavy atom. The fourth-order valence-corrected chi connectivity index (χ4v) is 2.55. The Morgan fingerprint density at radius 3 is 2.70 bits per heavy atom. The average molecular weight is 356 g/mol. The van der Waals surface area contributed by atoms with Gasteiger partial charge in [-0.15, -0.1) is 0 Å². The fraction of sp³-hybridized carbons (Fsp3) is 0.0833. The molecule has 0 aliphatic heterocycles. The molecule has 0 radical (unpaired) electrons. The van der Waals surface area contributed by atoms with Crippen LogP contribution in [0.15, 0.2) is 28.2 Å². The number of aromatic nitrogens is 1. The van der Waals surface area contributed by atoms with Crippen molar-refractivity contribution < 1.29 is 14.7 Å². The van der Waals surface area contributed by atoms with Crippen LogP contribution in [0.25, 0.3) is 0 Å². The van der Waals surface area contributed by atoms with Crippen molar-refractivity contribution in [1.29, 1.82) is 0 Å². The maximum Gasteiger partial charge on any atom is 0.335 e. The van der Waals surface area contributed by atoms with E-state index in [1.807, 2.05) is 0 Å². The van der Waals surface area contributed by atoms with Crippen molar-refractivity contribution in [3.63, 3.8) is 0 Å². The van der Waals surface area contributed by atoms with Crippen molar-refractivity contribution in [3.05, 3.63) is 39.3 Å². The fourth-order valence-electron chi connectivity index (χ4n) is 1.45. The third-order valence-corrected chi connectivity index (χ3v) is 3.82. The minimum absolute atomic E-state index is 0.114. The lowest BCUT2D eigenvalue weighted by molar-refractivity contribution is 0.0697. The SMILES string of the molecule is Cc1ccc(C(=O)O)cc1NC(=O)Nc1ncc(Br)s1. The molecule has 3 N–H and O–H groups in total. The molecule has 0 saturated heterocycles. The minimum atomic E-state index is -1.04. The topological polar surface area (TPSA) is 91.3 Å². The van der Waals surface area contributed by atoms with Gasteiger partial charge in [-0.2, -0.15) is 0 Å². The van der Waals surface area contributed by atoms with Gasteiger partial charge in [-0.3, -0.25) is 5.32 Å². The number of carboxylic acids is 1. The molecular formula is C12H10BrN3O3S. The molecular weight excluding hydrogens is 346 g/mol. The molecule has 1 aromatic heterocycles. The molecule has 6 nitrogen and oxygen atoms in total. The Bertz CT molecular complexity index is 672. The standard InChI is InChI=1S/C12H10BrN3O3S/c1-6-2-3-7(10(17)18)4-8(6)15-11(19)16-12-14-5-9(13)20-12/h2-5H,1H3,(H,17,18)(H2,14,15,16,19). The summed E-state index contributed by atoms with van der Waals surface area (Å²) in [7, 11) is 0. The van der Waals surface area contributed by atoms with E-state index >= 15 is 0 Å². The summed E-state index contributed by atoms with van der Waals surface area (Å²) in [6.07, 6.45) is 1.58. The maximum absolute atomic E-state index is 11.8. The lowest BCUT2D eigenvalue weighted by atomic mass is 10.1. The number of rotatable bonds is 3. The first-order valence-corrected chi connectivity index (χ1v) is 7.10. The monoisotopic (exact) mass is 355 g/mol. The van der Waals surface area contributed by atoms with Crippen molar-refractivity contribution in [2.24, 2.45) is 0 Å². The summed E-state index contributed by atoms with van der Waals surface area (Å²) in [5, 5.41) is 14.5. The number of hydrogen-bond acceptors (Lipinski definition) is 4. The summed E-state index contributed by atoms with van der Waals surface area (Å²) in [4.78, 5) is 26.7. The van der Waals surface area contributed by atoms with Crippen molar-refractivity contribution in [3.8, 4) is 0 Å². The largest absolute Gasteiger partial charge is 0.478 e. The number of carbonyl (C=O) groups excluding carboxylic acids is 1. The smallest absolute Gasteiger partial charge is 0.335 e. The van der Waals surface area contributed by atoms with E-state index in [2.05, 4.69) is 31.5 Å². The van der Waals surface area contributed by atoms with Crippen LogP contribution in [0.2, 0.25) is 0 Å². The molecule has 20 heavy (non-hydrogen) atoms. The van der Waals surface area contributed by atoms with Gasteiger partial charge in [0.2, 0.25) is 0 Å². The maximum atomic E-state index is 11.8. The first-order valence-electron chi connectivity index (χ1n) is 5.49. The molecule has 104 valence electrons. The summed E-state index contributed by atoms with van der Waals surface area (Å²) < 4.78 is 0.803. The molecule has 2 aromatic rings.